The van der Waals surface area contributed by atoms with Crippen LogP contribution in [0.1, 0.15) is 220 Å². The van der Waals surface area contributed by atoms with Crippen molar-refractivity contribution < 1.29 is 144 Å². The topological polar surface area (TPSA) is 519 Å². The van der Waals surface area contributed by atoms with E-state index in [2.05, 4.69) is 29.8 Å². The summed E-state index contributed by atoms with van der Waals surface area (Å²) in [4.78, 5) is 64.9. The molecule has 4 rings (SSSR count). The number of rotatable bonds is 52. The number of carbonyl (C=O) groups excluding carboxylic acids is 3. The fourth-order valence-corrected chi connectivity index (χ4v) is 13.5. The van der Waals surface area contributed by atoms with E-state index in [1.165, 1.54) is 109 Å². The van der Waals surface area contributed by atoms with Gasteiger partial charge in [-0.1, -0.05) is 180 Å². The van der Waals surface area contributed by atoms with Gasteiger partial charge in [-0.2, -0.15) is 0 Å². The third kappa shape index (κ3) is 28.4. The minimum atomic E-state index is -3.39. The van der Waals surface area contributed by atoms with Crippen molar-refractivity contribution in [2.45, 2.75) is 366 Å². The molecule has 32 nitrogen and oxygen atoms in total. The van der Waals surface area contributed by atoms with E-state index in [4.69, 9.17) is 37.9 Å². The standard InChI is InChI=1S/C70H125N3O29/c1-5-7-9-11-13-15-17-19-20-22-24-26-28-30-32-34-52(84)73-44(45(80)33-31-29-27-25-23-21-18-16-14-12-10-8-6-2)41-95-65-59(89)58(88)61(51(40-77)97-65)98-66-60(90)64(56(86)49(38-75)96-66)102-70(68(93)94)36-47(82)54(72-43(4)79)63(101-70)57(87)50(39-76)99-69(67(91)92)35-46(81)53(71-42(3)78)62(100-69)55(85)48(83)37-74/h31,33,44-51,53-66,74-77,80-83,85-90H,5-30,32,34-41H2,1-4H3,(H,71,78)(H,72,79)(H,73,84)(H,91,92)(H,93,94)/b33-31+. The number of aliphatic carboxylic acids is 2. The summed E-state index contributed by atoms with van der Waals surface area (Å²) in [5.41, 5.74) is 0. The Kier molecular flexibility index (Phi) is 42.5. The lowest BCUT2D eigenvalue weighted by atomic mass is 9.87. The van der Waals surface area contributed by atoms with E-state index in [9.17, 15) is 106 Å². The summed E-state index contributed by atoms with van der Waals surface area (Å²) >= 11 is 0. The van der Waals surface area contributed by atoms with Crippen LogP contribution in [0.25, 0.3) is 0 Å². The number of aliphatic hydroxyl groups is 14. The van der Waals surface area contributed by atoms with Crippen LogP contribution in [0.4, 0.5) is 0 Å². The SMILES string of the molecule is CCCCCCCCCCCCC/C=C/C(O)C(COC1OC(CO)C(OC2OC(CO)C(O)C(OC3(C(=O)O)CC(O)C(NC(C)=O)C(C(O)C(CO)OC4(C(=O)O)CC(O)C(NC(C)=O)C(C(O)C(O)CO)O4)O3)C2O)C(O)C1O)NC(=O)CCCCCCCCCCCCCCCCC. The summed E-state index contributed by atoms with van der Waals surface area (Å²) in [5, 5.41) is 185. The Hall–Kier alpha value is -3.79. The molecule has 4 aliphatic rings. The molecule has 0 aliphatic carbocycles. The second-order valence-corrected chi connectivity index (χ2v) is 27.9. The van der Waals surface area contributed by atoms with Gasteiger partial charge in [0.2, 0.25) is 17.7 Å². The molecular formula is C70H125N3O29. The Morgan fingerprint density at radius 2 is 0.980 bits per heavy atom. The zero-order valence-electron chi connectivity index (χ0n) is 60.1. The van der Waals surface area contributed by atoms with Crippen molar-refractivity contribution >= 4 is 29.7 Å². The zero-order chi connectivity index (χ0) is 75.5. The number of carbonyl (C=O) groups is 5. The van der Waals surface area contributed by atoms with Gasteiger partial charge in [0.05, 0.1) is 69.5 Å². The van der Waals surface area contributed by atoms with Crippen molar-refractivity contribution in [1.82, 2.24) is 16.0 Å². The van der Waals surface area contributed by atoms with Gasteiger partial charge in [0.1, 0.15) is 85.5 Å². The maximum absolute atomic E-state index is 13.6. The van der Waals surface area contributed by atoms with Gasteiger partial charge in [-0.3, -0.25) is 14.4 Å². The number of hydrogen-bond donors (Lipinski definition) is 19. The van der Waals surface area contributed by atoms with Gasteiger partial charge < -0.3 is 136 Å². The molecule has 0 aromatic heterocycles. The van der Waals surface area contributed by atoms with Crippen LogP contribution >= 0.6 is 0 Å². The van der Waals surface area contributed by atoms with Gasteiger partial charge in [0.15, 0.2) is 12.6 Å². The highest BCUT2D eigenvalue weighted by atomic mass is 16.8. The van der Waals surface area contributed by atoms with E-state index in [0.29, 0.717) is 12.8 Å². The van der Waals surface area contributed by atoms with E-state index in [1.807, 2.05) is 6.08 Å². The fraction of sp³-hybridized carbons (Fsp3) is 0.900. The molecule has 4 heterocycles. The Morgan fingerprint density at radius 3 is 1.44 bits per heavy atom. The first-order valence-electron chi connectivity index (χ1n) is 37.2. The highest BCUT2D eigenvalue weighted by molar-refractivity contribution is 5.78. The monoisotopic (exact) mass is 1470 g/mol. The molecule has 0 aromatic carbocycles. The molecule has 0 aromatic rings. The molecule has 0 radical (unpaired) electrons. The van der Waals surface area contributed by atoms with E-state index in [-0.39, 0.29) is 12.3 Å². The van der Waals surface area contributed by atoms with Crippen LogP contribution in [0.3, 0.4) is 0 Å². The zero-order valence-corrected chi connectivity index (χ0v) is 60.1. The minimum absolute atomic E-state index is 0.155. The summed E-state index contributed by atoms with van der Waals surface area (Å²) in [5.74, 6) is -13.1. The fourth-order valence-electron chi connectivity index (χ4n) is 13.5. The van der Waals surface area contributed by atoms with E-state index in [1.54, 1.807) is 6.08 Å². The van der Waals surface area contributed by atoms with Crippen LogP contribution < -0.4 is 16.0 Å². The Bertz CT molecular complexity index is 2410. The van der Waals surface area contributed by atoms with Gasteiger partial charge in [-0.25, -0.2) is 9.59 Å². The van der Waals surface area contributed by atoms with Crippen LogP contribution in [0.15, 0.2) is 12.2 Å². The highest BCUT2D eigenvalue weighted by Gasteiger charge is 2.62. The number of aliphatic hydroxyl groups excluding tert-OH is 14. The molecule has 19 N–H and O–H groups in total. The van der Waals surface area contributed by atoms with Crippen molar-refractivity contribution in [3.63, 3.8) is 0 Å². The lowest BCUT2D eigenvalue weighted by molar-refractivity contribution is -0.388. The van der Waals surface area contributed by atoms with E-state index in [0.717, 1.165) is 65.2 Å². The number of hydrogen-bond acceptors (Lipinski definition) is 27. The molecule has 102 heavy (non-hydrogen) atoms. The second kappa shape index (κ2) is 47.8. The number of carboxylic acid groups (broad SMARTS) is 2. The number of ether oxygens (including phenoxy) is 8. The highest BCUT2D eigenvalue weighted by Crippen LogP contribution is 2.41. The van der Waals surface area contributed by atoms with Crippen LogP contribution in [0.2, 0.25) is 0 Å². The van der Waals surface area contributed by atoms with Gasteiger partial charge in [0.25, 0.3) is 11.6 Å². The minimum Gasteiger partial charge on any atom is -0.477 e. The quantitative estimate of drug-likeness (QED) is 0.0288. The molecule has 4 fully saturated rings. The molecule has 4 aliphatic heterocycles. The summed E-state index contributed by atoms with van der Waals surface area (Å²) in [7, 11) is 0. The smallest absolute Gasteiger partial charge is 0.364 e. The third-order valence-corrected chi connectivity index (χ3v) is 19.5. The Morgan fingerprint density at radius 1 is 0.529 bits per heavy atom. The van der Waals surface area contributed by atoms with Crippen molar-refractivity contribution in [2.24, 2.45) is 0 Å². The number of amides is 3. The molecule has 3 amide bonds. The molecule has 24 atom stereocenters. The maximum atomic E-state index is 13.6. The molecular weight excluding hydrogens is 1350 g/mol. The number of unbranched alkanes of at least 4 members (excludes halogenated alkanes) is 25. The molecule has 4 saturated heterocycles. The van der Waals surface area contributed by atoms with Crippen molar-refractivity contribution in [3.8, 4) is 0 Å². The molecule has 0 spiro atoms. The van der Waals surface area contributed by atoms with Gasteiger partial charge in [-0.05, 0) is 19.3 Å². The molecule has 0 bridgehead atoms. The molecule has 594 valence electrons. The molecule has 32 heteroatoms. The second-order valence-electron chi connectivity index (χ2n) is 27.9. The van der Waals surface area contributed by atoms with E-state index >= 15 is 0 Å². The predicted molar refractivity (Wildman–Crippen MR) is 363 cm³/mol. The first-order chi connectivity index (χ1) is 48.7. The van der Waals surface area contributed by atoms with Gasteiger partial charge >= 0.3 is 11.9 Å². The summed E-state index contributed by atoms with van der Waals surface area (Å²) in [6.07, 6.45) is -8.38. The molecule has 0 saturated carbocycles. The van der Waals surface area contributed by atoms with Crippen LogP contribution in [0.5, 0.6) is 0 Å². The number of carboxylic acids is 2. The molecule has 24 unspecified atom stereocenters. The number of allylic oxidation sites excluding steroid dienone is 1. The van der Waals surface area contributed by atoms with Crippen molar-refractivity contribution in [1.29, 1.82) is 0 Å². The van der Waals surface area contributed by atoms with Crippen LogP contribution in [0, 0.1) is 0 Å². The normalized spacial score (nSPS) is 31.7. The predicted octanol–water partition coefficient (Wildman–Crippen LogP) is 0.339. The lowest BCUT2D eigenvalue weighted by Gasteiger charge is -2.51. The van der Waals surface area contributed by atoms with Gasteiger partial charge in [-0.15, -0.1) is 0 Å². The summed E-state index contributed by atoms with van der Waals surface area (Å²) in [6.45, 7) is 1.10. The van der Waals surface area contributed by atoms with Crippen molar-refractivity contribution in [2.75, 3.05) is 33.0 Å². The average Bonchev–Trinajstić information content (AvgIpc) is 0.761. The van der Waals surface area contributed by atoms with Crippen LogP contribution in [-0.2, 0) is 61.9 Å². The Balaban J connectivity index is 1.50. The summed E-state index contributed by atoms with van der Waals surface area (Å²) < 4.78 is 46.4. The lowest BCUT2D eigenvalue weighted by Crippen LogP contribution is -2.72. The first-order valence-corrected chi connectivity index (χ1v) is 37.2. The third-order valence-electron chi connectivity index (χ3n) is 19.5. The van der Waals surface area contributed by atoms with E-state index < -0.39 is 216 Å². The Labute approximate surface area is 598 Å². The largest absolute Gasteiger partial charge is 0.477 e. The number of nitrogens with one attached hydrogen (secondary N) is 3. The van der Waals surface area contributed by atoms with Gasteiger partial charge in [0, 0.05) is 33.1 Å². The average molecular weight is 1470 g/mol. The van der Waals surface area contributed by atoms with Crippen LogP contribution in [-0.4, -0.2) is 290 Å². The first kappa shape index (κ1) is 90.6. The van der Waals surface area contributed by atoms with Crippen molar-refractivity contribution in [3.05, 3.63) is 12.2 Å². The summed E-state index contributed by atoms with van der Waals surface area (Å²) in [6, 6.07) is -4.73. The maximum Gasteiger partial charge on any atom is 0.364 e.